The average Bonchev–Trinajstić information content (AvgIpc) is 3.20. The zero-order valence-electron chi connectivity index (χ0n) is 19.6. The molecule has 1 N–H and O–H groups in total. The van der Waals surface area contributed by atoms with E-state index in [1.54, 1.807) is 25.2 Å². The van der Waals surface area contributed by atoms with Crippen LogP contribution in [0.4, 0.5) is 0 Å². The summed E-state index contributed by atoms with van der Waals surface area (Å²) in [6, 6.07) is 14.5. The van der Waals surface area contributed by atoms with Crippen LogP contribution in [-0.4, -0.2) is 29.8 Å². The lowest BCUT2D eigenvalue weighted by Crippen LogP contribution is -2.37. The molecule has 0 saturated heterocycles. The number of unbranched alkanes of at least 4 members (excludes halogenated alkanes) is 2. The average molecular weight is 461 g/mol. The molecule has 2 aromatic carbocycles. The summed E-state index contributed by atoms with van der Waals surface area (Å²) in [5.41, 5.74) is 2.70. The van der Waals surface area contributed by atoms with E-state index in [1.165, 1.54) is 11.6 Å². The van der Waals surface area contributed by atoms with Gasteiger partial charge in [0.15, 0.2) is 11.2 Å². The summed E-state index contributed by atoms with van der Waals surface area (Å²) >= 11 is 0. The van der Waals surface area contributed by atoms with Gasteiger partial charge in [0.25, 0.3) is 5.56 Å². The predicted octanol–water partition coefficient (Wildman–Crippen LogP) is 3.58. The Labute approximate surface area is 196 Å². The summed E-state index contributed by atoms with van der Waals surface area (Å²) in [4.78, 5) is 41.7. The highest BCUT2D eigenvalue weighted by atomic mass is 16.4. The Bertz CT molecular complexity index is 1480. The fourth-order valence-electron chi connectivity index (χ4n) is 4.28. The van der Waals surface area contributed by atoms with E-state index in [4.69, 9.17) is 0 Å². The second kappa shape index (κ2) is 9.51. The molecule has 4 aromatic rings. The standard InChI is InChI=1S/C26H28N4O4/c1-4-5-6-11-21-27-23-22(24(31)29(3)26(34)28(23)2)30(21)16-17-12-14-18(15-13-17)19-9-7-8-10-20(19)25(32)33/h7-10,12-15H,4-6,11,16H2,1-3H3,(H,32,33). The van der Waals surface area contributed by atoms with Gasteiger partial charge in [-0.2, -0.15) is 0 Å². The third-order valence-electron chi connectivity index (χ3n) is 6.19. The van der Waals surface area contributed by atoms with Crippen LogP contribution in [0, 0.1) is 0 Å². The molecule has 0 aliphatic rings. The highest BCUT2D eigenvalue weighted by Crippen LogP contribution is 2.25. The highest BCUT2D eigenvalue weighted by Gasteiger charge is 2.19. The van der Waals surface area contributed by atoms with E-state index in [0.29, 0.717) is 29.7 Å². The largest absolute Gasteiger partial charge is 0.478 e. The minimum absolute atomic E-state index is 0.249. The first-order valence-corrected chi connectivity index (χ1v) is 11.4. The lowest BCUT2D eigenvalue weighted by atomic mass is 9.99. The SMILES string of the molecule is CCCCCc1nc2c(c(=O)n(C)c(=O)n2C)n1Cc1ccc(-c2ccccc2C(=O)O)cc1. The van der Waals surface area contributed by atoms with Crippen LogP contribution in [0.15, 0.2) is 58.1 Å². The zero-order chi connectivity index (χ0) is 24.4. The maximum absolute atomic E-state index is 13.0. The molecule has 0 aliphatic heterocycles. The van der Waals surface area contributed by atoms with Gasteiger partial charge in [-0.25, -0.2) is 14.6 Å². The van der Waals surface area contributed by atoms with Crippen LogP contribution in [0.1, 0.15) is 47.9 Å². The van der Waals surface area contributed by atoms with E-state index in [9.17, 15) is 19.5 Å². The summed E-state index contributed by atoms with van der Waals surface area (Å²) in [5.74, 6) is -0.190. The van der Waals surface area contributed by atoms with Gasteiger partial charge in [0.1, 0.15) is 5.82 Å². The smallest absolute Gasteiger partial charge is 0.336 e. The molecule has 2 aromatic heterocycles. The second-order valence-electron chi connectivity index (χ2n) is 8.50. The Morgan fingerprint density at radius 1 is 0.971 bits per heavy atom. The summed E-state index contributed by atoms with van der Waals surface area (Å²) in [6.45, 7) is 2.55. The van der Waals surface area contributed by atoms with Crippen molar-refractivity contribution in [1.82, 2.24) is 18.7 Å². The molecule has 0 amide bonds. The molecule has 8 heteroatoms. The minimum Gasteiger partial charge on any atom is -0.478 e. The normalized spacial score (nSPS) is 11.3. The predicted molar refractivity (Wildman–Crippen MR) is 131 cm³/mol. The maximum atomic E-state index is 13.0. The first kappa shape index (κ1) is 23.2. The topological polar surface area (TPSA) is 99.1 Å². The van der Waals surface area contributed by atoms with E-state index >= 15 is 0 Å². The van der Waals surface area contributed by atoms with Crippen molar-refractivity contribution in [2.45, 2.75) is 39.2 Å². The first-order valence-electron chi connectivity index (χ1n) is 11.4. The number of carboxylic acids is 1. The van der Waals surface area contributed by atoms with Crippen molar-refractivity contribution in [3.05, 3.63) is 86.3 Å². The molecule has 0 radical (unpaired) electrons. The van der Waals surface area contributed by atoms with Crippen molar-refractivity contribution < 1.29 is 9.90 Å². The van der Waals surface area contributed by atoms with Crippen LogP contribution in [0.25, 0.3) is 22.3 Å². The molecule has 2 heterocycles. The molecule has 0 fully saturated rings. The van der Waals surface area contributed by atoms with E-state index in [0.717, 1.165) is 40.8 Å². The van der Waals surface area contributed by atoms with Crippen molar-refractivity contribution in [2.24, 2.45) is 14.1 Å². The maximum Gasteiger partial charge on any atom is 0.336 e. The Kier molecular flexibility index (Phi) is 6.49. The number of aryl methyl sites for hydroxylation is 2. The molecule has 4 rings (SSSR count). The van der Waals surface area contributed by atoms with Crippen LogP contribution in [-0.2, 0) is 27.1 Å². The lowest BCUT2D eigenvalue weighted by molar-refractivity contribution is 0.0697. The van der Waals surface area contributed by atoms with Gasteiger partial charge < -0.3 is 9.67 Å². The Morgan fingerprint density at radius 2 is 1.68 bits per heavy atom. The second-order valence-corrected chi connectivity index (χ2v) is 8.50. The van der Waals surface area contributed by atoms with Gasteiger partial charge in [-0.3, -0.25) is 13.9 Å². The van der Waals surface area contributed by atoms with E-state index in [2.05, 4.69) is 11.9 Å². The number of hydrogen-bond donors (Lipinski definition) is 1. The van der Waals surface area contributed by atoms with E-state index in [1.807, 2.05) is 34.9 Å². The number of imidazole rings is 1. The number of benzene rings is 2. The lowest BCUT2D eigenvalue weighted by Gasteiger charge is -2.11. The third kappa shape index (κ3) is 4.19. The summed E-state index contributed by atoms with van der Waals surface area (Å²) in [5, 5.41) is 9.50. The van der Waals surface area contributed by atoms with Gasteiger partial charge in [-0.05, 0) is 29.2 Å². The number of rotatable bonds is 8. The number of fused-ring (bicyclic) bond motifs is 1. The van der Waals surface area contributed by atoms with Crippen molar-refractivity contribution >= 4 is 17.1 Å². The van der Waals surface area contributed by atoms with E-state index < -0.39 is 11.7 Å². The Morgan fingerprint density at radius 3 is 2.35 bits per heavy atom. The molecule has 0 unspecified atom stereocenters. The number of hydrogen-bond acceptors (Lipinski definition) is 4. The zero-order valence-corrected chi connectivity index (χ0v) is 19.6. The van der Waals surface area contributed by atoms with Crippen molar-refractivity contribution in [3.63, 3.8) is 0 Å². The fraction of sp³-hybridized carbons (Fsp3) is 0.308. The molecule has 0 saturated carbocycles. The highest BCUT2D eigenvalue weighted by molar-refractivity contribution is 5.96. The molecule has 34 heavy (non-hydrogen) atoms. The molecular weight excluding hydrogens is 432 g/mol. The number of nitrogens with zero attached hydrogens (tertiary/aromatic N) is 4. The van der Waals surface area contributed by atoms with Crippen LogP contribution >= 0.6 is 0 Å². The Hall–Kier alpha value is -3.94. The van der Waals surface area contributed by atoms with Gasteiger partial charge in [0.2, 0.25) is 0 Å². The van der Waals surface area contributed by atoms with Gasteiger partial charge in [-0.15, -0.1) is 0 Å². The molecule has 0 bridgehead atoms. The number of carboxylic acid groups (broad SMARTS) is 1. The first-order chi connectivity index (χ1) is 16.3. The summed E-state index contributed by atoms with van der Waals surface area (Å²) in [7, 11) is 3.11. The minimum atomic E-state index is -0.970. The van der Waals surface area contributed by atoms with Gasteiger partial charge in [-0.1, -0.05) is 62.2 Å². The number of carbonyl (C=O) groups is 1. The summed E-state index contributed by atoms with van der Waals surface area (Å²) in [6.07, 6.45) is 3.78. The summed E-state index contributed by atoms with van der Waals surface area (Å²) < 4.78 is 4.44. The molecular formula is C26H28N4O4. The van der Waals surface area contributed by atoms with Crippen LogP contribution < -0.4 is 11.2 Å². The van der Waals surface area contributed by atoms with E-state index in [-0.39, 0.29) is 11.1 Å². The van der Waals surface area contributed by atoms with Crippen LogP contribution in [0.5, 0.6) is 0 Å². The molecule has 8 nitrogen and oxygen atoms in total. The molecule has 0 atom stereocenters. The molecule has 176 valence electrons. The van der Waals surface area contributed by atoms with Gasteiger partial charge >= 0.3 is 11.7 Å². The number of aromatic carboxylic acids is 1. The number of aromatic nitrogens is 4. The monoisotopic (exact) mass is 460 g/mol. The van der Waals surface area contributed by atoms with Crippen molar-refractivity contribution in [3.8, 4) is 11.1 Å². The van der Waals surface area contributed by atoms with Crippen LogP contribution in [0.2, 0.25) is 0 Å². The third-order valence-corrected chi connectivity index (χ3v) is 6.19. The van der Waals surface area contributed by atoms with Crippen molar-refractivity contribution in [1.29, 1.82) is 0 Å². The van der Waals surface area contributed by atoms with Gasteiger partial charge in [0.05, 0.1) is 5.56 Å². The van der Waals surface area contributed by atoms with Gasteiger partial charge in [0, 0.05) is 27.1 Å². The quantitative estimate of drug-likeness (QED) is 0.405. The fourth-order valence-corrected chi connectivity index (χ4v) is 4.28. The van der Waals surface area contributed by atoms with Crippen molar-refractivity contribution in [2.75, 3.05) is 0 Å². The Balaban J connectivity index is 1.77. The molecule has 0 spiro atoms. The van der Waals surface area contributed by atoms with Crippen LogP contribution in [0.3, 0.4) is 0 Å². The molecule has 0 aliphatic carbocycles.